The maximum atomic E-state index is 12.7. The van der Waals surface area contributed by atoms with Gasteiger partial charge in [-0.05, 0) is 53.6 Å². The van der Waals surface area contributed by atoms with Gasteiger partial charge >= 0.3 is 0 Å². The monoisotopic (exact) mass is 382 g/mol. The Kier molecular flexibility index (Phi) is 6.49. The molecule has 2 aromatic carbocycles. The van der Waals surface area contributed by atoms with Crippen molar-refractivity contribution < 1.29 is 14.7 Å². The zero-order valence-corrected chi connectivity index (χ0v) is 17.5. The molecule has 0 aromatic heterocycles. The molecule has 28 heavy (non-hydrogen) atoms. The van der Waals surface area contributed by atoms with Gasteiger partial charge in [-0.1, -0.05) is 52.8 Å². The van der Waals surface area contributed by atoms with E-state index in [1.165, 1.54) is 0 Å². The van der Waals surface area contributed by atoms with Crippen molar-refractivity contribution in [2.75, 3.05) is 5.32 Å². The van der Waals surface area contributed by atoms with E-state index in [2.05, 4.69) is 31.4 Å². The quantitative estimate of drug-likeness (QED) is 0.671. The van der Waals surface area contributed by atoms with E-state index in [-0.39, 0.29) is 28.9 Å². The van der Waals surface area contributed by atoms with Crippen LogP contribution in [-0.4, -0.2) is 23.0 Å². The minimum atomic E-state index is -0.726. The minimum absolute atomic E-state index is 0.0000447. The van der Waals surface area contributed by atoms with Crippen LogP contribution < -0.4 is 10.6 Å². The maximum absolute atomic E-state index is 12.7. The average Bonchev–Trinajstić information content (AvgIpc) is 2.60. The maximum Gasteiger partial charge on any atom is 0.251 e. The Morgan fingerprint density at radius 1 is 1.00 bits per heavy atom. The lowest BCUT2D eigenvalue weighted by atomic mass is 9.86. The molecule has 0 aliphatic heterocycles. The van der Waals surface area contributed by atoms with Crippen molar-refractivity contribution in [3.05, 3.63) is 59.2 Å². The molecule has 5 nitrogen and oxygen atoms in total. The second-order valence-electron chi connectivity index (χ2n) is 8.53. The number of amides is 2. The molecule has 0 saturated heterocycles. The molecule has 0 heterocycles. The molecule has 150 valence electrons. The second kappa shape index (κ2) is 8.46. The highest BCUT2D eigenvalue weighted by Gasteiger charge is 2.25. The van der Waals surface area contributed by atoms with Crippen LogP contribution in [-0.2, 0) is 10.2 Å². The molecule has 2 amide bonds. The number of aryl methyl sites for hydroxylation is 1. The first-order valence-corrected chi connectivity index (χ1v) is 9.51. The van der Waals surface area contributed by atoms with E-state index in [0.29, 0.717) is 11.3 Å². The topological polar surface area (TPSA) is 78.4 Å². The minimum Gasteiger partial charge on any atom is -0.506 e. The number of anilines is 1. The molecule has 0 bridgehead atoms. The number of carbonyl (C=O) groups excluding carboxylic acids is 2. The largest absolute Gasteiger partial charge is 0.506 e. The molecule has 5 heteroatoms. The van der Waals surface area contributed by atoms with E-state index in [9.17, 15) is 14.7 Å². The summed E-state index contributed by atoms with van der Waals surface area (Å²) in [5.41, 5.74) is 2.86. The summed E-state index contributed by atoms with van der Waals surface area (Å²) in [6, 6.07) is 11.7. The van der Waals surface area contributed by atoms with Gasteiger partial charge in [0.1, 0.15) is 11.8 Å². The smallest absolute Gasteiger partial charge is 0.251 e. The van der Waals surface area contributed by atoms with E-state index in [1.54, 1.807) is 30.3 Å². The van der Waals surface area contributed by atoms with Crippen molar-refractivity contribution in [1.29, 1.82) is 0 Å². The molecule has 0 radical (unpaired) electrons. The van der Waals surface area contributed by atoms with Gasteiger partial charge in [-0.3, -0.25) is 9.59 Å². The van der Waals surface area contributed by atoms with Crippen LogP contribution in [0.15, 0.2) is 42.5 Å². The zero-order valence-electron chi connectivity index (χ0n) is 17.5. The third kappa shape index (κ3) is 5.35. The van der Waals surface area contributed by atoms with Gasteiger partial charge < -0.3 is 15.7 Å². The summed E-state index contributed by atoms with van der Waals surface area (Å²) in [4.78, 5) is 25.4. The first kappa shape index (κ1) is 21.5. The highest BCUT2D eigenvalue weighted by molar-refractivity contribution is 6.01. The van der Waals surface area contributed by atoms with Crippen molar-refractivity contribution in [3.63, 3.8) is 0 Å². The number of hydrogen-bond acceptors (Lipinski definition) is 3. The number of rotatable bonds is 5. The lowest BCUT2D eigenvalue weighted by Crippen LogP contribution is -2.47. The summed E-state index contributed by atoms with van der Waals surface area (Å²) >= 11 is 0. The summed E-state index contributed by atoms with van der Waals surface area (Å²) in [5.74, 6) is -0.790. The Balaban J connectivity index is 2.13. The predicted octanol–water partition coefficient (Wildman–Crippen LogP) is 4.39. The van der Waals surface area contributed by atoms with E-state index >= 15 is 0 Å². The Labute approximate surface area is 167 Å². The predicted molar refractivity (Wildman–Crippen MR) is 113 cm³/mol. The third-order valence-electron chi connectivity index (χ3n) is 4.66. The lowest BCUT2D eigenvalue weighted by Gasteiger charge is -2.23. The van der Waals surface area contributed by atoms with Crippen molar-refractivity contribution in [1.82, 2.24) is 5.32 Å². The molecule has 0 aliphatic carbocycles. The standard InChI is InChI=1S/C23H30N2O3/c1-14(2)20(22(28)24-18-12-7-15(3)13-19(18)26)25-21(27)16-8-10-17(11-9-16)23(4,5)6/h7-14,20,26H,1-6H3,(H,24,28)(H,25,27)/t20-/m0/s1. The van der Waals surface area contributed by atoms with E-state index in [1.807, 2.05) is 32.9 Å². The number of phenols is 1. The normalized spacial score (nSPS) is 12.5. The highest BCUT2D eigenvalue weighted by Crippen LogP contribution is 2.25. The molecule has 0 aliphatic rings. The fourth-order valence-corrected chi connectivity index (χ4v) is 2.84. The Morgan fingerprint density at radius 3 is 2.11 bits per heavy atom. The van der Waals surface area contributed by atoms with Gasteiger partial charge in [-0.25, -0.2) is 0 Å². The van der Waals surface area contributed by atoms with Crippen molar-refractivity contribution in [2.45, 2.75) is 53.0 Å². The van der Waals surface area contributed by atoms with Crippen molar-refractivity contribution in [2.24, 2.45) is 5.92 Å². The fraction of sp³-hybridized carbons (Fsp3) is 0.391. The van der Waals surface area contributed by atoms with Gasteiger partial charge in [0.15, 0.2) is 0 Å². The summed E-state index contributed by atoms with van der Waals surface area (Å²) in [6.45, 7) is 11.9. The Bertz CT molecular complexity index is 849. The van der Waals surface area contributed by atoms with Crippen molar-refractivity contribution in [3.8, 4) is 5.75 Å². The summed E-state index contributed by atoms with van der Waals surface area (Å²) in [6.07, 6.45) is 0. The summed E-state index contributed by atoms with van der Waals surface area (Å²) < 4.78 is 0. The SMILES string of the molecule is Cc1ccc(NC(=O)[C@@H](NC(=O)c2ccc(C(C)(C)C)cc2)C(C)C)c(O)c1. The molecule has 0 spiro atoms. The number of benzene rings is 2. The van der Waals surface area contributed by atoms with Gasteiger partial charge in [-0.15, -0.1) is 0 Å². The average molecular weight is 383 g/mol. The molecule has 0 unspecified atom stereocenters. The van der Waals surface area contributed by atoms with Crippen LogP contribution in [0.2, 0.25) is 0 Å². The first-order chi connectivity index (χ1) is 13.0. The first-order valence-electron chi connectivity index (χ1n) is 9.51. The number of carbonyl (C=O) groups is 2. The van der Waals surface area contributed by atoms with E-state index in [0.717, 1.165) is 11.1 Å². The molecule has 3 N–H and O–H groups in total. The molecular weight excluding hydrogens is 352 g/mol. The molecule has 1 atom stereocenters. The van der Waals surface area contributed by atoms with Crippen LogP contribution in [0.5, 0.6) is 5.75 Å². The number of hydrogen-bond donors (Lipinski definition) is 3. The Hall–Kier alpha value is -2.82. The third-order valence-corrected chi connectivity index (χ3v) is 4.66. The van der Waals surface area contributed by atoms with Crippen molar-refractivity contribution >= 4 is 17.5 Å². The zero-order chi connectivity index (χ0) is 21.1. The van der Waals surface area contributed by atoms with E-state index < -0.39 is 6.04 Å². The van der Waals surface area contributed by atoms with Crippen LogP contribution >= 0.6 is 0 Å². The molecule has 0 saturated carbocycles. The van der Waals surface area contributed by atoms with Crippen LogP contribution in [0, 0.1) is 12.8 Å². The van der Waals surface area contributed by atoms with Crippen LogP contribution in [0.25, 0.3) is 0 Å². The van der Waals surface area contributed by atoms with Gasteiger partial charge in [-0.2, -0.15) is 0 Å². The summed E-state index contributed by atoms with van der Waals surface area (Å²) in [5, 5.41) is 15.5. The van der Waals surface area contributed by atoms with Crippen LogP contribution in [0.1, 0.15) is 56.1 Å². The highest BCUT2D eigenvalue weighted by atomic mass is 16.3. The molecule has 2 aromatic rings. The van der Waals surface area contributed by atoms with Crippen LogP contribution in [0.3, 0.4) is 0 Å². The second-order valence-corrected chi connectivity index (χ2v) is 8.53. The van der Waals surface area contributed by atoms with Gasteiger partial charge in [0.2, 0.25) is 5.91 Å². The number of nitrogens with one attached hydrogen (secondary N) is 2. The van der Waals surface area contributed by atoms with Crippen LogP contribution in [0.4, 0.5) is 5.69 Å². The van der Waals surface area contributed by atoms with Gasteiger partial charge in [0.25, 0.3) is 5.91 Å². The number of aromatic hydroxyl groups is 1. The van der Waals surface area contributed by atoms with Gasteiger partial charge in [0.05, 0.1) is 5.69 Å². The van der Waals surface area contributed by atoms with Gasteiger partial charge in [0, 0.05) is 5.56 Å². The summed E-state index contributed by atoms with van der Waals surface area (Å²) in [7, 11) is 0. The number of phenolic OH excluding ortho intramolecular Hbond substituents is 1. The fourth-order valence-electron chi connectivity index (χ4n) is 2.84. The lowest BCUT2D eigenvalue weighted by molar-refractivity contribution is -0.118. The van der Waals surface area contributed by atoms with E-state index in [4.69, 9.17) is 0 Å². The Morgan fingerprint density at radius 2 is 1.61 bits per heavy atom. The molecular formula is C23H30N2O3. The molecule has 0 fully saturated rings. The molecule has 2 rings (SSSR count).